The molecule has 0 saturated carbocycles. The quantitative estimate of drug-likeness (QED) is 0.764. The first-order valence-electron chi connectivity index (χ1n) is 9.48. The van der Waals surface area contributed by atoms with E-state index in [1.54, 1.807) is 17.9 Å². The minimum Gasteiger partial charge on any atom is -0.340 e. The minimum absolute atomic E-state index is 0.150. The summed E-state index contributed by atoms with van der Waals surface area (Å²) in [7, 11) is 5.63. The molecular formula is C20H28N6O2. The highest BCUT2D eigenvalue weighted by Gasteiger charge is 2.21. The van der Waals surface area contributed by atoms with Crippen molar-refractivity contribution in [2.24, 2.45) is 7.05 Å². The second kappa shape index (κ2) is 8.99. The van der Waals surface area contributed by atoms with Gasteiger partial charge in [0.15, 0.2) is 0 Å². The van der Waals surface area contributed by atoms with Crippen molar-refractivity contribution in [1.29, 1.82) is 0 Å². The molecule has 3 rings (SSSR count). The maximum Gasteiger partial charge on any atom is 0.246 e. The number of benzene rings is 1. The van der Waals surface area contributed by atoms with E-state index in [1.165, 1.54) is 0 Å². The van der Waals surface area contributed by atoms with Crippen LogP contribution in [0.3, 0.4) is 0 Å². The topological polar surface area (TPSA) is 82.5 Å². The van der Waals surface area contributed by atoms with Crippen molar-refractivity contribution in [3.8, 4) is 0 Å². The number of anilines is 1. The third-order valence-corrected chi connectivity index (χ3v) is 5.04. The monoisotopic (exact) mass is 384 g/mol. The molecule has 8 heteroatoms. The minimum atomic E-state index is -0.479. The van der Waals surface area contributed by atoms with Gasteiger partial charge >= 0.3 is 0 Å². The number of aromatic nitrogens is 2. The fourth-order valence-electron chi connectivity index (χ4n) is 3.30. The number of likely N-dealkylation sites (N-methyl/N-ethyl adjacent to an activating group) is 2. The number of carbonyl (C=O) groups is 2. The molecule has 1 aliphatic rings. The zero-order chi connectivity index (χ0) is 20.1. The molecule has 1 aliphatic heterocycles. The van der Waals surface area contributed by atoms with Crippen LogP contribution in [0.4, 0.5) is 5.69 Å². The van der Waals surface area contributed by atoms with Crippen LogP contribution in [0.15, 0.2) is 36.7 Å². The van der Waals surface area contributed by atoms with Crippen LogP contribution in [0.25, 0.3) is 0 Å². The van der Waals surface area contributed by atoms with E-state index < -0.39 is 6.04 Å². The number of hydrogen-bond donors (Lipinski definition) is 2. The molecule has 2 N–H and O–H groups in total. The normalized spacial score (nSPS) is 16.0. The first kappa shape index (κ1) is 20.0. The Kier molecular flexibility index (Phi) is 6.43. The summed E-state index contributed by atoms with van der Waals surface area (Å²) in [5, 5.41) is 10.0. The van der Waals surface area contributed by atoms with Crippen molar-refractivity contribution >= 4 is 17.5 Å². The van der Waals surface area contributed by atoms with Gasteiger partial charge < -0.3 is 20.4 Å². The zero-order valence-corrected chi connectivity index (χ0v) is 16.7. The molecule has 1 fully saturated rings. The summed E-state index contributed by atoms with van der Waals surface area (Å²) in [6, 6.07) is 6.97. The van der Waals surface area contributed by atoms with Gasteiger partial charge in [0.25, 0.3) is 0 Å². The highest BCUT2D eigenvalue weighted by atomic mass is 16.2. The third kappa shape index (κ3) is 4.96. The predicted molar refractivity (Wildman–Crippen MR) is 108 cm³/mol. The van der Waals surface area contributed by atoms with Crippen LogP contribution in [-0.4, -0.2) is 71.7 Å². The lowest BCUT2D eigenvalue weighted by molar-refractivity contribution is -0.132. The first-order chi connectivity index (χ1) is 13.5. The fourth-order valence-corrected chi connectivity index (χ4v) is 3.30. The standard InChI is InChI=1S/C20H28N6O2/c1-21-19(16-13-22-25(3)14-16)20(28)23-17-6-4-15(5-7-17)12-18(27)26-10-8-24(2)9-11-26/h4-7,13-14,19,21H,8-12H2,1-3H3,(H,23,28). The van der Waals surface area contributed by atoms with Crippen molar-refractivity contribution in [3.63, 3.8) is 0 Å². The number of amides is 2. The molecule has 8 nitrogen and oxygen atoms in total. The molecule has 28 heavy (non-hydrogen) atoms. The van der Waals surface area contributed by atoms with Gasteiger partial charge in [-0.15, -0.1) is 0 Å². The molecule has 2 amide bonds. The van der Waals surface area contributed by atoms with Crippen LogP contribution in [0, 0.1) is 0 Å². The van der Waals surface area contributed by atoms with Gasteiger partial charge in [-0.2, -0.15) is 5.10 Å². The highest BCUT2D eigenvalue weighted by Crippen LogP contribution is 2.16. The van der Waals surface area contributed by atoms with Crippen LogP contribution in [0.1, 0.15) is 17.2 Å². The largest absolute Gasteiger partial charge is 0.340 e. The average Bonchev–Trinajstić information content (AvgIpc) is 3.10. The molecule has 2 aromatic rings. The molecule has 0 bridgehead atoms. The molecule has 0 aliphatic carbocycles. The third-order valence-electron chi connectivity index (χ3n) is 5.04. The predicted octanol–water partition coefficient (Wildman–Crippen LogP) is 0.636. The summed E-state index contributed by atoms with van der Waals surface area (Å²) in [5.74, 6) is -0.00604. The van der Waals surface area contributed by atoms with E-state index in [1.807, 2.05) is 42.4 Å². The van der Waals surface area contributed by atoms with Gasteiger partial charge in [0.05, 0.1) is 12.6 Å². The molecule has 1 aromatic carbocycles. The van der Waals surface area contributed by atoms with Gasteiger partial charge in [-0.1, -0.05) is 12.1 Å². The number of aryl methyl sites for hydroxylation is 1. The van der Waals surface area contributed by atoms with Crippen molar-refractivity contribution < 1.29 is 9.59 Å². The average molecular weight is 384 g/mol. The molecule has 0 radical (unpaired) electrons. The molecule has 150 valence electrons. The van der Waals surface area contributed by atoms with E-state index in [0.717, 1.165) is 37.3 Å². The SMILES string of the molecule is CNC(C(=O)Nc1ccc(CC(=O)N2CCN(C)CC2)cc1)c1cnn(C)c1. The lowest BCUT2D eigenvalue weighted by Gasteiger charge is -2.32. The lowest BCUT2D eigenvalue weighted by atomic mass is 10.1. The van der Waals surface area contributed by atoms with E-state index >= 15 is 0 Å². The second-order valence-electron chi connectivity index (χ2n) is 7.22. The van der Waals surface area contributed by atoms with Crippen LogP contribution in [0.2, 0.25) is 0 Å². The molecule has 1 atom stereocenters. The smallest absolute Gasteiger partial charge is 0.246 e. The summed E-state index contributed by atoms with van der Waals surface area (Å²) in [6.45, 7) is 3.40. The van der Waals surface area contributed by atoms with Crippen molar-refractivity contribution in [2.75, 3.05) is 45.6 Å². The Morgan fingerprint density at radius 2 is 1.79 bits per heavy atom. The summed E-state index contributed by atoms with van der Waals surface area (Å²) in [4.78, 5) is 29.2. The van der Waals surface area contributed by atoms with Crippen LogP contribution < -0.4 is 10.6 Å². The number of hydrogen-bond acceptors (Lipinski definition) is 5. The highest BCUT2D eigenvalue weighted by molar-refractivity contribution is 5.95. The molecule has 2 heterocycles. The molecule has 0 spiro atoms. The maximum absolute atomic E-state index is 12.6. The van der Waals surface area contributed by atoms with Crippen LogP contribution in [-0.2, 0) is 23.1 Å². The van der Waals surface area contributed by atoms with Crippen molar-refractivity contribution in [3.05, 3.63) is 47.8 Å². The van der Waals surface area contributed by atoms with Gasteiger partial charge in [-0.3, -0.25) is 14.3 Å². The second-order valence-corrected chi connectivity index (χ2v) is 7.22. The Balaban J connectivity index is 1.56. The summed E-state index contributed by atoms with van der Waals surface area (Å²) in [5.41, 5.74) is 2.45. The Morgan fingerprint density at radius 3 is 2.36 bits per heavy atom. The summed E-state index contributed by atoms with van der Waals surface area (Å²) < 4.78 is 1.67. The lowest BCUT2D eigenvalue weighted by Crippen LogP contribution is -2.47. The molecule has 1 unspecified atom stereocenters. The number of piperazine rings is 1. The summed E-state index contributed by atoms with van der Waals surface area (Å²) in [6.07, 6.45) is 3.87. The first-order valence-corrected chi connectivity index (χ1v) is 9.48. The number of rotatable bonds is 6. The zero-order valence-electron chi connectivity index (χ0n) is 16.7. The Hall–Kier alpha value is -2.71. The van der Waals surface area contributed by atoms with Gasteiger partial charge in [-0.05, 0) is 31.8 Å². The van der Waals surface area contributed by atoms with Gasteiger partial charge in [-0.25, -0.2) is 0 Å². The van der Waals surface area contributed by atoms with E-state index in [-0.39, 0.29) is 11.8 Å². The van der Waals surface area contributed by atoms with Crippen molar-refractivity contribution in [2.45, 2.75) is 12.5 Å². The van der Waals surface area contributed by atoms with Crippen LogP contribution >= 0.6 is 0 Å². The maximum atomic E-state index is 12.6. The number of nitrogens with zero attached hydrogens (tertiary/aromatic N) is 4. The Bertz CT molecular complexity index is 808. The van der Waals surface area contributed by atoms with Gasteiger partial charge in [0.2, 0.25) is 11.8 Å². The molecular weight excluding hydrogens is 356 g/mol. The van der Waals surface area contributed by atoms with E-state index in [4.69, 9.17) is 0 Å². The summed E-state index contributed by atoms with van der Waals surface area (Å²) >= 11 is 0. The Labute approximate surface area is 165 Å². The van der Waals surface area contributed by atoms with Crippen LogP contribution in [0.5, 0.6) is 0 Å². The number of nitrogens with one attached hydrogen (secondary N) is 2. The number of carbonyl (C=O) groups excluding carboxylic acids is 2. The van der Waals surface area contributed by atoms with Crippen molar-refractivity contribution in [1.82, 2.24) is 24.9 Å². The van der Waals surface area contributed by atoms with Gasteiger partial charge in [0, 0.05) is 50.7 Å². The fraction of sp³-hybridized carbons (Fsp3) is 0.450. The van der Waals surface area contributed by atoms with E-state index in [9.17, 15) is 9.59 Å². The molecule has 1 aromatic heterocycles. The van der Waals surface area contributed by atoms with E-state index in [2.05, 4.69) is 27.7 Å². The molecule has 1 saturated heterocycles. The Morgan fingerprint density at radius 1 is 1.11 bits per heavy atom. The van der Waals surface area contributed by atoms with E-state index in [0.29, 0.717) is 12.1 Å². The van der Waals surface area contributed by atoms with Gasteiger partial charge in [0.1, 0.15) is 6.04 Å².